The number of nitrogens with zero attached hydrogens (tertiary/aromatic N) is 1. The molecule has 3 rings (SSSR count). The lowest BCUT2D eigenvalue weighted by Crippen LogP contribution is -2.40. The van der Waals surface area contributed by atoms with Gasteiger partial charge in [0.05, 0.1) is 18.2 Å². The zero-order chi connectivity index (χ0) is 21.5. The van der Waals surface area contributed by atoms with Crippen molar-refractivity contribution in [2.24, 2.45) is 0 Å². The van der Waals surface area contributed by atoms with Gasteiger partial charge in [-0.05, 0) is 31.0 Å². The van der Waals surface area contributed by atoms with Gasteiger partial charge in [-0.2, -0.15) is 0 Å². The van der Waals surface area contributed by atoms with Gasteiger partial charge in [0.15, 0.2) is 13.2 Å². The van der Waals surface area contributed by atoms with Gasteiger partial charge in [0, 0.05) is 6.54 Å². The highest BCUT2D eigenvalue weighted by Gasteiger charge is 2.25. The smallest absolute Gasteiger partial charge is 0.308 e. The number of carbonyl (C=O) groups is 3. The number of nitrogens with one attached hydrogen (secondary N) is 1. The van der Waals surface area contributed by atoms with E-state index < -0.39 is 5.97 Å². The number of hydrogen-bond acceptors (Lipinski definition) is 5. The highest BCUT2D eigenvalue weighted by Crippen LogP contribution is 2.31. The van der Waals surface area contributed by atoms with Gasteiger partial charge in [-0.25, -0.2) is 0 Å². The molecule has 0 spiro atoms. The molecular weight excluding hydrogens is 384 g/mol. The average Bonchev–Trinajstić information content (AvgIpc) is 2.76. The van der Waals surface area contributed by atoms with Gasteiger partial charge in [0.1, 0.15) is 5.75 Å². The lowest BCUT2D eigenvalue weighted by Gasteiger charge is -2.28. The topological polar surface area (TPSA) is 84.9 Å². The third-order valence-corrected chi connectivity index (χ3v) is 4.94. The first-order valence-corrected chi connectivity index (χ1v) is 10.0. The fourth-order valence-corrected chi connectivity index (χ4v) is 3.28. The molecule has 1 aliphatic rings. The summed E-state index contributed by atoms with van der Waals surface area (Å²) in [5.41, 5.74) is 2.78. The number of aryl methyl sites for hydroxylation is 1. The molecule has 0 bridgehead atoms. The molecule has 0 aromatic heterocycles. The minimum Gasteiger partial charge on any atom is -0.482 e. The Kier molecular flexibility index (Phi) is 7.06. The summed E-state index contributed by atoms with van der Waals surface area (Å²) in [7, 11) is 0. The number of ether oxygens (including phenoxy) is 2. The van der Waals surface area contributed by atoms with Gasteiger partial charge in [-0.1, -0.05) is 48.9 Å². The number of fused-ring (bicyclic) bond motifs is 1. The van der Waals surface area contributed by atoms with E-state index in [4.69, 9.17) is 9.47 Å². The van der Waals surface area contributed by atoms with Gasteiger partial charge in [-0.3, -0.25) is 14.4 Å². The summed E-state index contributed by atoms with van der Waals surface area (Å²) in [4.78, 5) is 37.9. The molecule has 1 atom stereocenters. The third kappa shape index (κ3) is 5.37. The molecule has 1 N–H and O–H groups in total. The number of hydrogen-bond donors (Lipinski definition) is 1. The minimum atomic E-state index is -0.537. The van der Waals surface area contributed by atoms with Crippen LogP contribution in [0.2, 0.25) is 0 Å². The summed E-state index contributed by atoms with van der Waals surface area (Å²) in [6.07, 6.45) is 0.712. The lowest BCUT2D eigenvalue weighted by molar-refractivity contribution is -0.148. The second-order valence-corrected chi connectivity index (χ2v) is 7.15. The van der Waals surface area contributed by atoms with E-state index in [9.17, 15) is 14.4 Å². The number of anilines is 1. The summed E-state index contributed by atoms with van der Waals surface area (Å²) in [5, 5.41) is 2.89. The number of benzene rings is 2. The quantitative estimate of drug-likeness (QED) is 0.677. The zero-order valence-corrected chi connectivity index (χ0v) is 17.2. The first-order chi connectivity index (χ1) is 14.5. The Morgan fingerprint density at radius 1 is 1.17 bits per heavy atom. The van der Waals surface area contributed by atoms with Crippen LogP contribution in [0, 0.1) is 6.92 Å². The maximum atomic E-state index is 12.2. The lowest BCUT2D eigenvalue weighted by atomic mass is 10.0. The number of carbonyl (C=O) groups excluding carboxylic acids is 3. The van der Waals surface area contributed by atoms with Crippen molar-refractivity contribution in [3.8, 4) is 5.75 Å². The predicted molar refractivity (Wildman–Crippen MR) is 112 cm³/mol. The van der Waals surface area contributed by atoms with E-state index in [0.717, 1.165) is 17.5 Å². The molecule has 0 fully saturated rings. The van der Waals surface area contributed by atoms with Crippen LogP contribution in [0.25, 0.3) is 0 Å². The summed E-state index contributed by atoms with van der Waals surface area (Å²) in [6.45, 7) is 3.74. The molecule has 30 heavy (non-hydrogen) atoms. The van der Waals surface area contributed by atoms with Crippen molar-refractivity contribution >= 4 is 23.5 Å². The van der Waals surface area contributed by atoms with Gasteiger partial charge >= 0.3 is 5.97 Å². The van der Waals surface area contributed by atoms with Crippen molar-refractivity contribution in [1.82, 2.24) is 5.32 Å². The number of amides is 2. The molecule has 2 amide bonds. The van der Waals surface area contributed by atoms with Crippen LogP contribution in [0.15, 0.2) is 48.5 Å². The Labute approximate surface area is 176 Å². The molecule has 1 aliphatic heterocycles. The first kappa shape index (κ1) is 21.4. The standard InChI is InChI=1S/C23H26N2O5/c1-3-18(17-10-8-16(2)9-11-17)24-21(26)14-30-23(28)12-13-25-19-6-4-5-7-20(19)29-15-22(25)27/h4-11,18H,3,12-15H2,1-2H3,(H,24,26)/t18-/m1/s1. The van der Waals surface area contributed by atoms with E-state index in [2.05, 4.69) is 5.32 Å². The van der Waals surface area contributed by atoms with Crippen LogP contribution >= 0.6 is 0 Å². The summed E-state index contributed by atoms with van der Waals surface area (Å²) < 4.78 is 10.5. The van der Waals surface area contributed by atoms with E-state index in [1.54, 1.807) is 18.2 Å². The molecule has 1 heterocycles. The van der Waals surface area contributed by atoms with Crippen molar-refractivity contribution in [2.75, 3.05) is 24.7 Å². The normalized spacial score (nSPS) is 13.8. The molecule has 0 saturated carbocycles. The summed E-state index contributed by atoms with van der Waals surface area (Å²) >= 11 is 0. The fraction of sp³-hybridized carbons (Fsp3) is 0.348. The van der Waals surface area contributed by atoms with Crippen LogP contribution in [0.4, 0.5) is 5.69 Å². The average molecular weight is 410 g/mol. The van der Waals surface area contributed by atoms with Gasteiger partial charge in [0.25, 0.3) is 11.8 Å². The first-order valence-electron chi connectivity index (χ1n) is 10.0. The van der Waals surface area contributed by atoms with E-state index in [0.29, 0.717) is 11.4 Å². The Morgan fingerprint density at radius 3 is 2.63 bits per heavy atom. The highest BCUT2D eigenvalue weighted by molar-refractivity contribution is 5.98. The highest BCUT2D eigenvalue weighted by atomic mass is 16.5. The monoisotopic (exact) mass is 410 g/mol. The van der Waals surface area contributed by atoms with Crippen molar-refractivity contribution in [2.45, 2.75) is 32.7 Å². The van der Waals surface area contributed by atoms with Crippen LogP contribution < -0.4 is 15.0 Å². The molecule has 158 valence electrons. The molecule has 0 aliphatic carbocycles. The maximum absolute atomic E-state index is 12.2. The van der Waals surface area contributed by atoms with Crippen LogP contribution in [0.5, 0.6) is 5.75 Å². The molecule has 0 radical (unpaired) electrons. The summed E-state index contributed by atoms with van der Waals surface area (Å²) in [5.74, 6) is -0.511. The SMILES string of the molecule is CC[C@@H](NC(=O)COC(=O)CCN1C(=O)COc2ccccc21)c1ccc(C)cc1. The number of para-hydroxylation sites is 2. The molecule has 7 heteroatoms. The Hall–Kier alpha value is -3.35. The van der Waals surface area contributed by atoms with Crippen LogP contribution in [0.1, 0.15) is 36.9 Å². The van der Waals surface area contributed by atoms with Crippen molar-refractivity contribution in [3.05, 3.63) is 59.7 Å². The second kappa shape index (κ2) is 9.91. The van der Waals surface area contributed by atoms with E-state index in [1.165, 1.54) is 4.90 Å². The van der Waals surface area contributed by atoms with E-state index >= 15 is 0 Å². The van der Waals surface area contributed by atoms with E-state index in [-0.39, 0.29) is 44.0 Å². The van der Waals surface area contributed by atoms with Gasteiger partial charge < -0.3 is 19.7 Å². The Balaban J connectivity index is 1.47. The van der Waals surface area contributed by atoms with Gasteiger partial charge in [0.2, 0.25) is 0 Å². The minimum absolute atomic E-state index is 0.0114. The number of esters is 1. The maximum Gasteiger partial charge on any atom is 0.308 e. The van der Waals surface area contributed by atoms with Gasteiger partial charge in [-0.15, -0.1) is 0 Å². The fourth-order valence-electron chi connectivity index (χ4n) is 3.28. The van der Waals surface area contributed by atoms with Crippen LogP contribution in [-0.2, 0) is 19.1 Å². The Bertz CT molecular complexity index is 910. The van der Waals surface area contributed by atoms with Crippen molar-refractivity contribution in [1.29, 1.82) is 0 Å². The predicted octanol–water partition coefficient (Wildman–Crippen LogP) is 2.92. The third-order valence-electron chi connectivity index (χ3n) is 4.94. The molecule has 7 nitrogen and oxygen atoms in total. The molecule has 0 unspecified atom stereocenters. The largest absolute Gasteiger partial charge is 0.482 e. The molecule has 0 saturated heterocycles. The zero-order valence-electron chi connectivity index (χ0n) is 17.2. The molecule has 2 aromatic rings. The van der Waals surface area contributed by atoms with Crippen LogP contribution in [0.3, 0.4) is 0 Å². The van der Waals surface area contributed by atoms with Crippen LogP contribution in [-0.4, -0.2) is 37.5 Å². The number of rotatable bonds is 8. The van der Waals surface area contributed by atoms with Crippen molar-refractivity contribution < 1.29 is 23.9 Å². The Morgan fingerprint density at radius 2 is 1.90 bits per heavy atom. The molecule has 2 aromatic carbocycles. The molecular formula is C23H26N2O5. The van der Waals surface area contributed by atoms with E-state index in [1.807, 2.05) is 44.2 Å². The second-order valence-electron chi connectivity index (χ2n) is 7.15. The van der Waals surface area contributed by atoms with Crippen molar-refractivity contribution in [3.63, 3.8) is 0 Å². The summed E-state index contributed by atoms with van der Waals surface area (Å²) in [6, 6.07) is 15.0.